The molecule has 3 rings (SSSR count). The molecule has 6 heteroatoms. The molecular formula is C22H26N2O3S. The van der Waals surface area contributed by atoms with E-state index >= 15 is 0 Å². The molecule has 0 saturated heterocycles. The summed E-state index contributed by atoms with van der Waals surface area (Å²) >= 11 is 1.58. The Balaban J connectivity index is 2.11. The van der Waals surface area contributed by atoms with Gasteiger partial charge in [0.25, 0.3) is 5.91 Å². The highest BCUT2D eigenvalue weighted by atomic mass is 32.2. The average Bonchev–Trinajstić information content (AvgIpc) is 2.76. The Bertz CT molecular complexity index is 867. The molecule has 2 atom stereocenters. The molecule has 0 unspecified atom stereocenters. The van der Waals surface area contributed by atoms with Crippen molar-refractivity contribution < 1.29 is 14.3 Å². The van der Waals surface area contributed by atoms with Gasteiger partial charge in [-0.15, -0.1) is 11.8 Å². The number of hydrogen-bond donors (Lipinski definition) is 1. The molecule has 1 amide bonds. The number of benzene rings is 2. The third kappa shape index (κ3) is 4.39. The molecule has 0 saturated carbocycles. The Hall–Kier alpha value is -2.31. The van der Waals surface area contributed by atoms with E-state index in [4.69, 9.17) is 4.74 Å². The summed E-state index contributed by atoms with van der Waals surface area (Å²) < 4.78 is 5.58. The van der Waals surface area contributed by atoms with Crippen LogP contribution >= 0.6 is 11.8 Å². The molecule has 1 N–H and O–H groups in total. The first kappa shape index (κ1) is 20.4. The molecule has 5 nitrogen and oxygen atoms in total. The van der Waals surface area contributed by atoms with Crippen molar-refractivity contribution in [3.05, 3.63) is 59.2 Å². The number of carbonyl (C=O) groups excluding carboxylic acids is 2. The third-order valence-electron chi connectivity index (χ3n) is 4.73. The van der Waals surface area contributed by atoms with Crippen LogP contribution in [0.5, 0.6) is 0 Å². The SMILES string of the molecule is CNCCN1C(=O)[C@H](OC(C)=O)[C@H](c2ccc(C)cc2)Sc2cc(C)ccc21. The predicted octanol–water partition coefficient (Wildman–Crippen LogP) is 3.63. The normalized spacial score (nSPS) is 19.1. The van der Waals surface area contributed by atoms with E-state index in [2.05, 4.69) is 11.4 Å². The Morgan fingerprint density at radius 3 is 2.46 bits per heavy atom. The summed E-state index contributed by atoms with van der Waals surface area (Å²) in [6.07, 6.45) is -0.880. The molecule has 148 valence electrons. The van der Waals surface area contributed by atoms with Gasteiger partial charge in [-0.3, -0.25) is 9.59 Å². The topological polar surface area (TPSA) is 58.6 Å². The number of nitrogens with one attached hydrogen (secondary N) is 1. The fourth-order valence-electron chi connectivity index (χ4n) is 3.28. The van der Waals surface area contributed by atoms with E-state index in [0.717, 1.165) is 27.3 Å². The number of amides is 1. The van der Waals surface area contributed by atoms with Gasteiger partial charge in [0.15, 0.2) is 6.10 Å². The summed E-state index contributed by atoms with van der Waals surface area (Å²) in [5.74, 6) is -0.641. The number of carbonyl (C=O) groups is 2. The summed E-state index contributed by atoms with van der Waals surface area (Å²) in [7, 11) is 1.85. The van der Waals surface area contributed by atoms with E-state index in [1.165, 1.54) is 6.92 Å². The van der Waals surface area contributed by atoms with E-state index in [0.29, 0.717) is 13.1 Å². The van der Waals surface area contributed by atoms with Crippen LogP contribution in [-0.2, 0) is 14.3 Å². The number of rotatable bonds is 5. The van der Waals surface area contributed by atoms with Crippen LogP contribution in [0.2, 0.25) is 0 Å². The lowest BCUT2D eigenvalue weighted by atomic mass is 10.0. The quantitative estimate of drug-likeness (QED) is 0.780. The predicted molar refractivity (Wildman–Crippen MR) is 113 cm³/mol. The maximum Gasteiger partial charge on any atom is 0.303 e. The first-order valence-corrected chi connectivity index (χ1v) is 10.3. The number of aryl methyl sites for hydroxylation is 2. The highest BCUT2D eigenvalue weighted by molar-refractivity contribution is 7.99. The van der Waals surface area contributed by atoms with Gasteiger partial charge in [0, 0.05) is 24.9 Å². The second-order valence-electron chi connectivity index (χ2n) is 7.04. The maximum atomic E-state index is 13.5. The van der Waals surface area contributed by atoms with Gasteiger partial charge in [-0.2, -0.15) is 0 Å². The van der Waals surface area contributed by atoms with Crippen molar-refractivity contribution in [2.24, 2.45) is 0 Å². The second-order valence-corrected chi connectivity index (χ2v) is 8.23. The van der Waals surface area contributed by atoms with Crippen molar-refractivity contribution in [1.29, 1.82) is 0 Å². The van der Waals surface area contributed by atoms with Crippen LogP contribution in [0.1, 0.15) is 28.9 Å². The van der Waals surface area contributed by atoms with Crippen LogP contribution in [0.25, 0.3) is 0 Å². The van der Waals surface area contributed by atoms with E-state index < -0.39 is 12.1 Å². The Morgan fingerprint density at radius 2 is 1.82 bits per heavy atom. The number of likely N-dealkylation sites (N-methyl/N-ethyl adjacent to an activating group) is 1. The molecular weight excluding hydrogens is 372 g/mol. The summed E-state index contributed by atoms with van der Waals surface area (Å²) in [6, 6.07) is 14.1. The summed E-state index contributed by atoms with van der Waals surface area (Å²) in [5.41, 5.74) is 4.10. The minimum Gasteiger partial charge on any atom is -0.451 e. The van der Waals surface area contributed by atoms with E-state index in [1.807, 2.05) is 57.3 Å². The summed E-state index contributed by atoms with van der Waals surface area (Å²) in [5, 5.41) is 2.79. The smallest absolute Gasteiger partial charge is 0.303 e. The van der Waals surface area contributed by atoms with Crippen LogP contribution in [0, 0.1) is 13.8 Å². The zero-order valence-corrected chi connectivity index (χ0v) is 17.5. The van der Waals surface area contributed by atoms with Crippen molar-refractivity contribution in [2.75, 3.05) is 25.0 Å². The molecule has 1 aliphatic rings. The Kier molecular flexibility index (Phi) is 6.42. The Labute approximate surface area is 170 Å². The van der Waals surface area contributed by atoms with E-state index in [9.17, 15) is 9.59 Å². The first-order valence-electron chi connectivity index (χ1n) is 9.37. The highest BCUT2D eigenvalue weighted by Gasteiger charge is 2.40. The molecule has 2 aromatic carbocycles. The summed E-state index contributed by atoms with van der Waals surface area (Å²) in [6.45, 7) is 6.56. The van der Waals surface area contributed by atoms with Crippen molar-refractivity contribution >= 4 is 29.3 Å². The number of fused-ring (bicyclic) bond motifs is 1. The van der Waals surface area contributed by atoms with Crippen LogP contribution in [0.15, 0.2) is 47.4 Å². The molecule has 0 aromatic heterocycles. The van der Waals surface area contributed by atoms with Gasteiger partial charge in [0.2, 0.25) is 0 Å². The number of hydrogen-bond acceptors (Lipinski definition) is 5. The number of esters is 1. The van der Waals surface area contributed by atoms with Crippen molar-refractivity contribution in [3.63, 3.8) is 0 Å². The van der Waals surface area contributed by atoms with Crippen LogP contribution < -0.4 is 10.2 Å². The minimum absolute atomic E-state index is 0.189. The maximum absolute atomic E-state index is 13.5. The van der Waals surface area contributed by atoms with Gasteiger partial charge in [0.05, 0.1) is 10.9 Å². The van der Waals surface area contributed by atoms with Gasteiger partial charge in [0.1, 0.15) is 0 Å². The van der Waals surface area contributed by atoms with Crippen LogP contribution in [-0.4, -0.2) is 38.1 Å². The lowest BCUT2D eigenvalue weighted by molar-refractivity contribution is -0.152. The van der Waals surface area contributed by atoms with E-state index in [1.54, 1.807) is 16.7 Å². The van der Waals surface area contributed by atoms with E-state index in [-0.39, 0.29) is 11.2 Å². The van der Waals surface area contributed by atoms with Crippen molar-refractivity contribution in [1.82, 2.24) is 5.32 Å². The molecule has 0 spiro atoms. The standard InChI is InChI=1S/C22H26N2O3S/c1-14-5-8-17(9-6-14)21-20(27-16(3)25)22(26)24(12-11-23-4)18-10-7-15(2)13-19(18)28-21/h5-10,13,20-21,23H,11-12H2,1-4H3/t20-,21+/m1/s1. The fourth-order valence-corrected chi connectivity index (χ4v) is 4.70. The molecule has 0 aliphatic carbocycles. The third-order valence-corrected chi connectivity index (χ3v) is 6.08. The van der Waals surface area contributed by atoms with Crippen molar-refractivity contribution in [3.8, 4) is 0 Å². The zero-order chi connectivity index (χ0) is 20.3. The van der Waals surface area contributed by atoms with Crippen LogP contribution in [0.4, 0.5) is 5.69 Å². The van der Waals surface area contributed by atoms with Gasteiger partial charge in [-0.25, -0.2) is 0 Å². The monoisotopic (exact) mass is 398 g/mol. The molecule has 0 fully saturated rings. The number of thioether (sulfide) groups is 1. The molecule has 0 bridgehead atoms. The minimum atomic E-state index is -0.880. The van der Waals surface area contributed by atoms with Gasteiger partial charge >= 0.3 is 5.97 Å². The first-order chi connectivity index (χ1) is 13.4. The van der Waals surface area contributed by atoms with Gasteiger partial charge in [-0.05, 0) is 44.2 Å². The molecule has 1 aliphatic heterocycles. The fraction of sp³-hybridized carbons (Fsp3) is 0.364. The largest absolute Gasteiger partial charge is 0.451 e. The average molecular weight is 399 g/mol. The van der Waals surface area contributed by atoms with Crippen molar-refractivity contribution in [2.45, 2.75) is 37.0 Å². The number of nitrogens with zero attached hydrogens (tertiary/aromatic N) is 1. The lowest BCUT2D eigenvalue weighted by Gasteiger charge is -2.27. The van der Waals surface area contributed by atoms with Gasteiger partial charge in [-0.1, -0.05) is 35.9 Å². The lowest BCUT2D eigenvalue weighted by Crippen LogP contribution is -2.45. The molecule has 2 aromatic rings. The van der Waals surface area contributed by atoms with Crippen LogP contribution in [0.3, 0.4) is 0 Å². The molecule has 0 radical (unpaired) electrons. The second kappa shape index (κ2) is 8.80. The highest BCUT2D eigenvalue weighted by Crippen LogP contribution is 2.47. The Morgan fingerprint density at radius 1 is 1.14 bits per heavy atom. The van der Waals surface area contributed by atoms with Gasteiger partial charge < -0.3 is 15.0 Å². The molecule has 1 heterocycles. The number of ether oxygens (including phenoxy) is 1. The zero-order valence-electron chi connectivity index (χ0n) is 16.7. The molecule has 28 heavy (non-hydrogen) atoms. The summed E-state index contributed by atoms with van der Waals surface area (Å²) in [4.78, 5) is 28.1. The number of anilines is 1.